The molecule has 0 unspecified atom stereocenters. The van der Waals surface area contributed by atoms with E-state index in [1.165, 1.54) is 0 Å². The molecule has 0 saturated heterocycles. The topological polar surface area (TPSA) is 13.7 Å². The minimum Gasteiger partial charge on any atom is -0.311 e. The highest BCUT2D eigenvalue weighted by Crippen LogP contribution is 2.35. The van der Waals surface area contributed by atoms with Crippen LogP contribution in [-0.2, 0) is 20.5 Å². The van der Waals surface area contributed by atoms with E-state index in [2.05, 4.69) is 0 Å². The van der Waals surface area contributed by atoms with Gasteiger partial charge >= 0.3 is 0 Å². The van der Waals surface area contributed by atoms with Crippen LogP contribution in [0.4, 0.5) is 0 Å². The van der Waals surface area contributed by atoms with E-state index in [1.54, 1.807) is 35.9 Å². The van der Waals surface area contributed by atoms with Gasteiger partial charge in [-0.05, 0) is 49.8 Å². The van der Waals surface area contributed by atoms with Gasteiger partial charge in [0.2, 0.25) is 5.65 Å². The SMILES string of the molecule is [2H]C([2H])([2H])c1c(C([2H])([2H])[2H])n(-c2ccc3c(C([2H])([2H])C(C)C)cccc3[n+]2C)c2c1c1ccccc1n2C. The fourth-order valence-corrected chi connectivity index (χ4v) is 4.52. The summed E-state index contributed by atoms with van der Waals surface area (Å²) in [5.41, 5.74) is 2.12. The van der Waals surface area contributed by atoms with E-state index in [-0.39, 0.29) is 17.2 Å². The summed E-state index contributed by atoms with van der Waals surface area (Å²) in [5.74, 6) is 0.208. The minimum absolute atomic E-state index is 0.172. The number of rotatable bonds is 3. The summed E-state index contributed by atoms with van der Waals surface area (Å²) in [4.78, 5) is 0. The Balaban J connectivity index is 1.98. The number of aromatic nitrogens is 3. The van der Waals surface area contributed by atoms with Gasteiger partial charge in [-0.1, -0.05) is 44.2 Å². The van der Waals surface area contributed by atoms with Crippen LogP contribution >= 0.6 is 0 Å². The second-order valence-corrected chi connectivity index (χ2v) is 8.12. The summed E-state index contributed by atoms with van der Waals surface area (Å²) < 4.78 is 73.0. The molecule has 3 heterocycles. The fourth-order valence-electron chi connectivity index (χ4n) is 4.52. The third-order valence-corrected chi connectivity index (χ3v) is 5.86. The third-order valence-electron chi connectivity index (χ3n) is 5.86. The lowest BCUT2D eigenvalue weighted by Gasteiger charge is -2.12. The lowest BCUT2D eigenvalue weighted by Crippen LogP contribution is -2.35. The highest BCUT2D eigenvalue weighted by atomic mass is 15.2. The average Bonchev–Trinajstić information content (AvgIpc) is 3.33. The van der Waals surface area contributed by atoms with E-state index < -0.39 is 20.1 Å². The summed E-state index contributed by atoms with van der Waals surface area (Å²) >= 11 is 0. The Hall–Kier alpha value is -3.07. The molecule has 0 saturated carbocycles. The van der Waals surface area contributed by atoms with Crippen molar-refractivity contribution in [2.24, 2.45) is 20.0 Å². The van der Waals surface area contributed by atoms with Gasteiger partial charge in [0, 0.05) is 40.4 Å². The van der Waals surface area contributed by atoms with Gasteiger partial charge in [0.25, 0.3) is 5.82 Å². The molecule has 0 N–H and O–H groups in total. The van der Waals surface area contributed by atoms with Crippen LogP contribution in [0.5, 0.6) is 0 Å². The Bertz CT molecular complexity index is 1720. The highest BCUT2D eigenvalue weighted by molar-refractivity contribution is 6.10. The Labute approximate surface area is 189 Å². The zero-order valence-electron chi connectivity index (χ0n) is 25.6. The molecule has 0 atom stereocenters. The molecule has 3 nitrogen and oxygen atoms in total. The second kappa shape index (κ2) is 6.73. The van der Waals surface area contributed by atoms with Crippen LogP contribution in [0.25, 0.3) is 38.7 Å². The third kappa shape index (κ3) is 2.54. The van der Waals surface area contributed by atoms with Gasteiger partial charge in [0.15, 0.2) is 0 Å². The molecule has 2 aromatic carbocycles. The molecule has 0 aliphatic carbocycles. The van der Waals surface area contributed by atoms with Crippen LogP contribution in [0.3, 0.4) is 0 Å². The number of nitrogens with zero attached hydrogens (tertiary/aromatic N) is 3. The molecule has 0 amide bonds. The van der Waals surface area contributed by atoms with E-state index in [0.717, 1.165) is 5.52 Å². The highest BCUT2D eigenvalue weighted by Gasteiger charge is 2.27. The van der Waals surface area contributed by atoms with Crippen molar-refractivity contribution in [2.45, 2.75) is 33.9 Å². The van der Waals surface area contributed by atoms with Crippen LogP contribution in [0.15, 0.2) is 54.6 Å². The number of para-hydroxylation sites is 1. The Morgan fingerprint density at radius 2 is 1.83 bits per heavy atom. The molecule has 3 heteroatoms. The van der Waals surface area contributed by atoms with Gasteiger partial charge in [-0.15, -0.1) is 0 Å². The van der Waals surface area contributed by atoms with Gasteiger partial charge in [0.1, 0.15) is 11.2 Å². The van der Waals surface area contributed by atoms with E-state index in [9.17, 15) is 0 Å². The summed E-state index contributed by atoms with van der Waals surface area (Å²) in [6.07, 6.45) is -1.58. The molecule has 0 aliphatic heterocycles. The van der Waals surface area contributed by atoms with Gasteiger partial charge in [-0.2, -0.15) is 4.57 Å². The quantitative estimate of drug-likeness (QED) is 0.332. The lowest BCUT2D eigenvalue weighted by molar-refractivity contribution is -0.639. The van der Waals surface area contributed by atoms with Crippen molar-refractivity contribution < 1.29 is 15.5 Å². The van der Waals surface area contributed by atoms with E-state index >= 15 is 0 Å². The van der Waals surface area contributed by atoms with Crippen molar-refractivity contribution >= 4 is 32.8 Å². The first kappa shape index (κ1) is 11.9. The van der Waals surface area contributed by atoms with E-state index in [1.807, 2.05) is 60.4 Å². The van der Waals surface area contributed by atoms with Gasteiger partial charge in [-0.3, -0.25) is 0 Å². The fraction of sp³-hybridized carbons (Fsp3) is 0.296. The molecule has 0 spiro atoms. The molecule has 0 aliphatic rings. The first-order valence-corrected chi connectivity index (χ1v) is 10.1. The number of hydrogen-bond acceptors (Lipinski definition) is 0. The normalized spacial score (nSPS) is 17.4. The van der Waals surface area contributed by atoms with Crippen LogP contribution in [0, 0.1) is 19.6 Å². The van der Waals surface area contributed by atoms with Gasteiger partial charge in [-0.25, -0.2) is 4.57 Å². The summed E-state index contributed by atoms with van der Waals surface area (Å²) in [5, 5.41) is 1.79. The average molecular weight is 405 g/mol. The number of hydrogen-bond donors (Lipinski definition) is 0. The molecule has 0 fully saturated rings. The largest absolute Gasteiger partial charge is 0.311 e. The lowest BCUT2D eigenvalue weighted by atomic mass is 9.99. The molecule has 152 valence electrons. The van der Waals surface area contributed by atoms with Crippen LogP contribution in [0.1, 0.15) is 41.6 Å². The second-order valence-electron chi connectivity index (χ2n) is 8.12. The van der Waals surface area contributed by atoms with E-state index in [4.69, 9.17) is 11.0 Å². The maximum absolute atomic E-state index is 8.69. The number of aryl methyl sites for hydroxylation is 3. The molecule has 5 rings (SSSR count). The Morgan fingerprint density at radius 1 is 1.00 bits per heavy atom. The molecule has 0 radical (unpaired) electrons. The first-order valence-electron chi connectivity index (χ1n) is 14.1. The van der Waals surface area contributed by atoms with Crippen LogP contribution in [0.2, 0.25) is 0 Å². The minimum atomic E-state index is -2.72. The summed E-state index contributed by atoms with van der Waals surface area (Å²) in [7, 11) is 3.60. The molecular formula is C27H30N3+. The smallest absolute Gasteiger partial charge is 0.288 e. The molecule has 30 heavy (non-hydrogen) atoms. The van der Waals surface area contributed by atoms with Crippen molar-refractivity contribution in [2.75, 3.05) is 0 Å². The van der Waals surface area contributed by atoms with Crippen LogP contribution in [-0.4, -0.2) is 9.13 Å². The first-order chi connectivity index (χ1) is 17.6. The van der Waals surface area contributed by atoms with Gasteiger partial charge < -0.3 is 4.57 Å². The number of benzene rings is 2. The number of pyridine rings is 1. The van der Waals surface area contributed by atoms with Gasteiger partial charge in [0.05, 0.1) is 18.0 Å². The molecule has 3 aromatic heterocycles. The van der Waals surface area contributed by atoms with E-state index in [0.29, 0.717) is 38.7 Å². The monoisotopic (exact) mass is 404 g/mol. The molecular weight excluding hydrogens is 366 g/mol. The molecule has 0 bridgehead atoms. The van der Waals surface area contributed by atoms with Crippen molar-refractivity contribution in [1.29, 1.82) is 0 Å². The Morgan fingerprint density at radius 3 is 2.60 bits per heavy atom. The van der Waals surface area contributed by atoms with Crippen molar-refractivity contribution in [3.05, 3.63) is 71.4 Å². The predicted octanol–water partition coefficient (Wildman–Crippen LogP) is 5.92. The Kier molecular flexibility index (Phi) is 2.68. The predicted molar refractivity (Wildman–Crippen MR) is 126 cm³/mol. The zero-order valence-corrected chi connectivity index (χ0v) is 17.6. The van der Waals surface area contributed by atoms with Crippen LogP contribution < -0.4 is 4.57 Å². The number of fused-ring (bicyclic) bond motifs is 4. The summed E-state index contributed by atoms with van der Waals surface area (Å²) in [6, 6.07) is 16.4. The standard InChI is InChI=1S/C27H30N3/c1-17(2)16-20-10-9-13-23-21(20)14-15-25(28(23)5)30-19(4)18(3)26-22-11-7-8-12-24(22)29(6)27(26)30/h7-15,17H,16H2,1-6H3/q+1/i3D3,4D3,16D2. The van der Waals surface area contributed by atoms with Crippen molar-refractivity contribution in [1.82, 2.24) is 9.13 Å². The maximum Gasteiger partial charge on any atom is 0.288 e. The maximum atomic E-state index is 8.69. The van der Waals surface area contributed by atoms with Crippen molar-refractivity contribution in [3.63, 3.8) is 0 Å². The summed E-state index contributed by atoms with van der Waals surface area (Å²) in [6.45, 7) is -1.72. The zero-order chi connectivity index (χ0) is 27.9. The molecule has 5 aromatic rings. The van der Waals surface area contributed by atoms with Crippen molar-refractivity contribution in [3.8, 4) is 5.82 Å².